The number of nitrogens with one attached hydrogen (secondary N) is 2. The van der Waals surface area contributed by atoms with Crippen molar-refractivity contribution in [1.29, 1.82) is 0 Å². The van der Waals surface area contributed by atoms with Gasteiger partial charge >= 0.3 is 0 Å². The third-order valence-electron chi connectivity index (χ3n) is 9.81. The third kappa shape index (κ3) is 3.79. The van der Waals surface area contributed by atoms with Crippen LogP contribution in [0.5, 0.6) is 0 Å². The van der Waals surface area contributed by atoms with Crippen molar-refractivity contribution in [3.63, 3.8) is 0 Å². The quantitative estimate of drug-likeness (QED) is 0.487. The fourth-order valence-electron chi connectivity index (χ4n) is 7.65. The average molecular weight is 594 g/mol. The molecule has 42 heavy (non-hydrogen) atoms. The number of carbonyl (C=O) groups is 3. The molecule has 3 saturated heterocycles. The number of hydrogen-bond acceptors (Lipinski definition) is 7. The topological polar surface area (TPSA) is 118 Å². The zero-order valence-electron chi connectivity index (χ0n) is 24.7. The monoisotopic (exact) mass is 593 g/mol. The minimum Gasteiger partial charge on any atom is -0.361 e. The van der Waals surface area contributed by atoms with Crippen molar-refractivity contribution in [3.05, 3.63) is 41.6 Å². The van der Waals surface area contributed by atoms with Gasteiger partial charge in [-0.05, 0) is 48.6 Å². The lowest BCUT2D eigenvalue weighted by Gasteiger charge is -2.48. The first-order valence-electron chi connectivity index (χ1n) is 14.9. The van der Waals surface area contributed by atoms with Crippen LogP contribution in [-0.4, -0.2) is 97.5 Å². The van der Waals surface area contributed by atoms with Gasteiger partial charge in [-0.25, -0.2) is 0 Å². The zero-order valence-corrected chi connectivity index (χ0v) is 25.5. The Morgan fingerprint density at radius 2 is 2.05 bits per heavy atom. The first-order valence-corrected chi connectivity index (χ1v) is 16.1. The number of rotatable bonds is 5. The highest BCUT2D eigenvalue weighted by Crippen LogP contribution is 2.48. The van der Waals surface area contributed by atoms with Crippen molar-refractivity contribution in [2.75, 3.05) is 25.2 Å². The zero-order chi connectivity index (χ0) is 29.7. The van der Waals surface area contributed by atoms with E-state index >= 15 is 0 Å². The normalized spacial score (nSPS) is 34.2. The van der Waals surface area contributed by atoms with Crippen LogP contribution in [0.3, 0.4) is 0 Å². The van der Waals surface area contributed by atoms with Crippen LogP contribution in [0.2, 0.25) is 0 Å². The van der Waals surface area contributed by atoms with E-state index in [1.165, 1.54) is 27.6 Å². The van der Waals surface area contributed by atoms with Crippen LogP contribution >= 0.6 is 11.8 Å². The molecule has 1 aromatic heterocycles. The number of ether oxygens (including phenoxy) is 1. The number of aromatic amines is 1. The van der Waals surface area contributed by atoms with Gasteiger partial charge in [-0.15, -0.1) is 11.8 Å². The molecule has 1 aromatic carbocycles. The Bertz CT molecular complexity index is 1520. The van der Waals surface area contributed by atoms with Gasteiger partial charge < -0.3 is 20.3 Å². The molecule has 224 valence electrons. The summed E-state index contributed by atoms with van der Waals surface area (Å²) >= 11 is 1.53. The van der Waals surface area contributed by atoms with E-state index in [1.807, 2.05) is 33.0 Å². The van der Waals surface area contributed by atoms with Gasteiger partial charge in [0.25, 0.3) is 11.8 Å². The minimum absolute atomic E-state index is 0.101. The van der Waals surface area contributed by atoms with Crippen LogP contribution < -0.4 is 5.32 Å². The van der Waals surface area contributed by atoms with E-state index in [9.17, 15) is 19.5 Å². The van der Waals surface area contributed by atoms with Gasteiger partial charge in [0.2, 0.25) is 17.5 Å². The number of aromatic nitrogens is 1. The SMILES string of the molecule is CC(C)C[C@H]1C(=O)N2CSC[C@H]2[C@]2(O)O[C@](NC(=O)[C@@H]3C=C4c5cccc6[nH]cc(c56)C[C@H]4N(C)C3)(C(C)C)C(=O)N12. The van der Waals surface area contributed by atoms with Crippen molar-refractivity contribution < 1.29 is 24.2 Å². The highest BCUT2D eigenvalue weighted by Gasteiger charge is 2.72. The van der Waals surface area contributed by atoms with Gasteiger partial charge in [-0.2, -0.15) is 0 Å². The maximum atomic E-state index is 14.4. The molecule has 0 bridgehead atoms. The van der Waals surface area contributed by atoms with Gasteiger partial charge in [0.05, 0.1) is 11.8 Å². The maximum Gasteiger partial charge on any atom is 0.281 e. The van der Waals surface area contributed by atoms with E-state index in [0.717, 1.165) is 23.1 Å². The highest BCUT2D eigenvalue weighted by molar-refractivity contribution is 7.99. The molecule has 0 radical (unpaired) electrons. The van der Waals surface area contributed by atoms with Crippen molar-refractivity contribution in [1.82, 2.24) is 25.0 Å². The molecule has 3 amide bonds. The molecule has 2 aromatic rings. The molecule has 5 aliphatic rings. The molecule has 1 aliphatic carbocycles. The number of likely N-dealkylation sites (N-methyl/N-ethyl adjacent to an activating group) is 1. The number of thioether (sulfide) groups is 1. The van der Waals surface area contributed by atoms with Crippen molar-refractivity contribution in [3.8, 4) is 0 Å². The van der Waals surface area contributed by atoms with E-state index in [2.05, 4.69) is 33.5 Å². The Morgan fingerprint density at radius 3 is 2.79 bits per heavy atom. The highest BCUT2D eigenvalue weighted by atomic mass is 32.2. The lowest BCUT2D eigenvalue weighted by molar-refractivity contribution is -0.320. The predicted molar refractivity (Wildman–Crippen MR) is 160 cm³/mol. The Balaban J connectivity index is 1.24. The molecule has 6 atom stereocenters. The van der Waals surface area contributed by atoms with Gasteiger partial charge in [0, 0.05) is 41.4 Å². The Kier molecular flexibility index (Phi) is 6.37. The van der Waals surface area contributed by atoms with Crippen LogP contribution in [0.1, 0.15) is 45.2 Å². The molecule has 0 unspecified atom stereocenters. The Morgan fingerprint density at radius 1 is 1.26 bits per heavy atom. The summed E-state index contributed by atoms with van der Waals surface area (Å²) in [7, 11) is 2.03. The third-order valence-corrected chi connectivity index (χ3v) is 10.8. The summed E-state index contributed by atoms with van der Waals surface area (Å²) in [5.41, 5.74) is 2.77. The summed E-state index contributed by atoms with van der Waals surface area (Å²) in [6, 6.07) is 4.78. The summed E-state index contributed by atoms with van der Waals surface area (Å²) < 4.78 is 6.42. The largest absolute Gasteiger partial charge is 0.361 e. The summed E-state index contributed by atoms with van der Waals surface area (Å²) in [6.07, 6.45) is 5.36. The van der Waals surface area contributed by atoms with E-state index < -0.39 is 41.5 Å². The van der Waals surface area contributed by atoms with Gasteiger partial charge in [-0.1, -0.05) is 45.9 Å². The molecular weight excluding hydrogens is 554 g/mol. The summed E-state index contributed by atoms with van der Waals surface area (Å²) in [4.78, 5) is 50.6. The van der Waals surface area contributed by atoms with Crippen LogP contribution in [-0.2, 0) is 25.5 Å². The van der Waals surface area contributed by atoms with Crippen molar-refractivity contribution in [2.45, 2.75) is 70.3 Å². The number of piperazine rings is 1. The number of nitrogens with zero attached hydrogens (tertiary/aromatic N) is 3. The van der Waals surface area contributed by atoms with Gasteiger partial charge in [0.15, 0.2) is 0 Å². The molecular formula is C31H39N5O5S. The fourth-order valence-corrected chi connectivity index (χ4v) is 8.88. The minimum atomic E-state index is -2.03. The second-order valence-corrected chi connectivity index (χ2v) is 14.2. The van der Waals surface area contributed by atoms with Gasteiger partial charge in [-0.3, -0.25) is 28.9 Å². The lowest BCUT2D eigenvalue weighted by Crippen LogP contribution is -2.72. The van der Waals surface area contributed by atoms with Crippen LogP contribution in [0, 0.1) is 17.8 Å². The number of fused-ring (bicyclic) bond motifs is 5. The van der Waals surface area contributed by atoms with Crippen molar-refractivity contribution in [2.24, 2.45) is 17.8 Å². The van der Waals surface area contributed by atoms with Gasteiger partial charge in [0.1, 0.15) is 12.1 Å². The smallest absolute Gasteiger partial charge is 0.281 e. The molecule has 11 heteroatoms. The molecule has 0 saturated carbocycles. The molecule has 3 N–H and O–H groups in total. The molecule has 3 fully saturated rings. The van der Waals surface area contributed by atoms with E-state index in [0.29, 0.717) is 24.6 Å². The standard InChI is InChI=1S/C31H39N5O5S/c1-16(2)9-24-28(38)35-15-42-14-25(35)31(40)36(24)29(39)30(41-31,17(3)4)33-27(37)19-10-21-20-7-6-8-22-26(20)18(12-32-22)11-23(21)34(5)13-19/h6-8,10,12,16-17,19,23-25,32,40H,9,11,13-15H2,1-5H3,(H,33,37)/t19-,23-,24+,25+,30-,31+/m1/s1. The van der Waals surface area contributed by atoms with Crippen LogP contribution in [0.15, 0.2) is 30.5 Å². The Hall–Kier alpha value is -2.86. The van der Waals surface area contributed by atoms with E-state index in [1.54, 1.807) is 18.7 Å². The predicted octanol–water partition coefficient (Wildman–Crippen LogP) is 2.34. The summed E-state index contributed by atoms with van der Waals surface area (Å²) in [5, 5.41) is 16.3. The first kappa shape index (κ1) is 27.9. The molecule has 0 spiro atoms. The van der Waals surface area contributed by atoms with Crippen LogP contribution in [0.4, 0.5) is 0 Å². The van der Waals surface area contributed by atoms with Crippen molar-refractivity contribution >= 4 is 46.0 Å². The number of carbonyl (C=O) groups excluding carboxylic acids is 3. The maximum absolute atomic E-state index is 14.4. The molecule has 10 nitrogen and oxygen atoms in total. The number of aliphatic hydroxyl groups is 1. The summed E-state index contributed by atoms with van der Waals surface area (Å²) in [6.45, 7) is 8.05. The van der Waals surface area contributed by atoms with E-state index in [4.69, 9.17) is 4.74 Å². The fraction of sp³-hybridized carbons (Fsp3) is 0.581. The molecule has 5 heterocycles. The molecule has 4 aliphatic heterocycles. The second-order valence-electron chi connectivity index (χ2n) is 13.2. The van der Waals surface area contributed by atoms with Crippen LogP contribution in [0.25, 0.3) is 16.5 Å². The number of H-pyrrole nitrogens is 1. The number of hydrogen-bond donors (Lipinski definition) is 3. The Labute approximate surface area is 249 Å². The van der Waals surface area contributed by atoms with E-state index in [-0.39, 0.29) is 23.8 Å². The first-order chi connectivity index (χ1) is 20.0. The molecule has 7 rings (SSSR count). The average Bonchev–Trinajstić information content (AvgIpc) is 3.65. The lowest BCUT2D eigenvalue weighted by atomic mass is 9.79. The number of benzene rings is 1. The summed E-state index contributed by atoms with van der Waals surface area (Å²) in [5.74, 6) is -3.16. The number of amides is 3. The second kappa shape index (κ2) is 9.57.